The Kier molecular flexibility index (Phi) is 3.21. The second-order valence-corrected chi connectivity index (χ2v) is 5.39. The van der Waals surface area contributed by atoms with Gasteiger partial charge in [0.05, 0.1) is 6.07 Å². The van der Waals surface area contributed by atoms with Gasteiger partial charge in [-0.05, 0) is 37.5 Å². The number of ether oxygens (including phenoxy) is 1. The van der Waals surface area contributed by atoms with Crippen LogP contribution in [0, 0.1) is 22.7 Å². The van der Waals surface area contributed by atoms with Crippen molar-refractivity contribution in [1.82, 2.24) is 0 Å². The number of hydrogen-bond donors (Lipinski definition) is 0. The number of nitriles is 1. The Balaban J connectivity index is 2.82. The Morgan fingerprint density at radius 1 is 1.43 bits per heavy atom. The maximum absolute atomic E-state index is 9.25. The smallest absolute Gasteiger partial charge is 0.154 e. The number of nitrogens with zero attached hydrogens (tertiary/aromatic N) is 1. The minimum absolute atomic E-state index is 0.239. The van der Waals surface area contributed by atoms with Crippen molar-refractivity contribution in [3.63, 3.8) is 0 Å². The molecule has 0 radical (unpaired) electrons. The Morgan fingerprint density at radius 2 is 2.07 bits per heavy atom. The Hall–Kier alpha value is -0.550. The van der Waals surface area contributed by atoms with Gasteiger partial charge in [0.25, 0.3) is 0 Å². The summed E-state index contributed by atoms with van der Waals surface area (Å²) in [5, 5.41) is 9.25. The molecule has 0 aromatic rings. The van der Waals surface area contributed by atoms with Crippen LogP contribution in [0.3, 0.4) is 0 Å². The molecule has 14 heavy (non-hydrogen) atoms. The predicted octanol–water partition coefficient (Wildman–Crippen LogP) is 3.13. The Labute approximate surface area is 87.3 Å². The highest BCUT2D eigenvalue weighted by atomic mass is 16.5. The van der Waals surface area contributed by atoms with Gasteiger partial charge >= 0.3 is 0 Å². The molecule has 0 N–H and O–H groups in total. The molecule has 0 amide bonds. The third-order valence-electron chi connectivity index (χ3n) is 2.97. The van der Waals surface area contributed by atoms with Crippen LogP contribution in [0.25, 0.3) is 0 Å². The number of hydrogen-bond acceptors (Lipinski definition) is 2. The molecule has 2 unspecified atom stereocenters. The molecule has 0 aromatic heterocycles. The third-order valence-corrected chi connectivity index (χ3v) is 2.97. The van der Waals surface area contributed by atoms with Crippen LogP contribution in [-0.4, -0.2) is 12.2 Å². The van der Waals surface area contributed by atoms with Gasteiger partial charge in [0.15, 0.2) is 5.60 Å². The molecule has 1 aliphatic carbocycles. The van der Waals surface area contributed by atoms with Crippen LogP contribution in [0.15, 0.2) is 0 Å². The van der Waals surface area contributed by atoms with E-state index in [0.29, 0.717) is 12.5 Å². The third kappa shape index (κ3) is 2.48. The van der Waals surface area contributed by atoms with E-state index in [-0.39, 0.29) is 5.41 Å². The minimum Gasteiger partial charge on any atom is -0.360 e. The van der Waals surface area contributed by atoms with E-state index >= 15 is 0 Å². The summed E-state index contributed by atoms with van der Waals surface area (Å²) >= 11 is 0. The van der Waals surface area contributed by atoms with Gasteiger partial charge in [0, 0.05) is 6.61 Å². The number of rotatable bonds is 2. The first-order chi connectivity index (χ1) is 6.43. The molecule has 1 aliphatic rings. The maximum Gasteiger partial charge on any atom is 0.154 e. The molecule has 1 rings (SSSR count). The van der Waals surface area contributed by atoms with E-state index < -0.39 is 5.60 Å². The second kappa shape index (κ2) is 3.90. The van der Waals surface area contributed by atoms with E-state index in [0.717, 1.165) is 12.8 Å². The highest BCUT2D eigenvalue weighted by Crippen LogP contribution is 2.45. The van der Waals surface area contributed by atoms with Gasteiger partial charge in [-0.1, -0.05) is 20.8 Å². The molecule has 0 bridgehead atoms. The van der Waals surface area contributed by atoms with E-state index in [9.17, 15) is 5.26 Å². The summed E-state index contributed by atoms with van der Waals surface area (Å²) in [5.41, 5.74) is -0.279. The molecule has 0 aliphatic heterocycles. The van der Waals surface area contributed by atoms with Gasteiger partial charge in [-0.3, -0.25) is 0 Å². The fraction of sp³-hybridized carbons (Fsp3) is 0.917. The molecule has 1 saturated carbocycles. The lowest BCUT2D eigenvalue weighted by Crippen LogP contribution is -2.43. The van der Waals surface area contributed by atoms with Gasteiger partial charge in [-0.15, -0.1) is 0 Å². The molecule has 2 nitrogen and oxygen atoms in total. The lowest BCUT2D eigenvalue weighted by atomic mass is 9.66. The average Bonchev–Trinajstić information content (AvgIpc) is 2.00. The zero-order valence-electron chi connectivity index (χ0n) is 9.76. The normalized spacial score (nSPS) is 36.4. The SMILES string of the molecule is CCOC1(C#N)CC(C)CC(C)(C)C1. The average molecular weight is 195 g/mol. The fourth-order valence-corrected chi connectivity index (χ4v) is 3.00. The molecular weight excluding hydrogens is 174 g/mol. The standard InChI is InChI=1S/C12H21NO/c1-5-14-12(9-13)7-10(2)6-11(3,4)8-12/h10H,5-8H2,1-4H3. The lowest BCUT2D eigenvalue weighted by molar-refractivity contribution is -0.0683. The van der Waals surface area contributed by atoms with E-state index in [1.165, 1.54) is 6.42 Å². The van der Waals surface area contributed by atoms with Crippen molar-refractivity contribution >= 4 is 0 Å². The van der Waals surface area contributed by atoms with E-state index in [4.69, 9.17) is 4.74 Å². The van der Waals surface area contributed by atoms with E-state index in [1.54, 1.807) is 0 Å². The zero-order chi connectivity index (χ0) is 10.8. The van der Waals surface area contributed by atoms with Crippen LogP contribution >= 0.6 is 0 Å². The van der Waals surface area contributed by atoms with Gasteiger partial charge in [-0.2, -0.15) is 5.26 Å². The van der Waals surface area contributed by atoms with Crippen LogP contribution in [0.5, 0.6) is 0 Å². The lowest BCUT2D eigenvalue weighted by Gasteiger charge is -2.43. The second-order valence-electron chi connectivity index (χ2n) is 5.39. The summed E-state index contributed by atoms with van der Waals surface area (Å²) in [7, 11) is 0. The highest BCUT2D eigenvalue weighted by Gasteiger charge is 2.43. The molecule has 2 heteroatoms. The largest absolute Gasteiger partial charge is 0.360 e. The molecule has 0 saturated heterocycles. The van der Waals surface area contributed by atoms with E-state index in [1.807, 2.05) is 6.92 Å². The Morgan fingerprint density at radius 3 is 2.50 bits per heavy atom. The van der Waals surface area contributed by atoms with Crippen molar-refractivity contribution in [3.8, 4) is 6.07 Å². The molecule has 0 spiro atoms. The summed E-state index contributed by atoms with van der Waals surface area (Å²) in [6.45, 7) is 9.27. The highest BCUT2D eigenvalue weighted by molar-refractivity contribution is 5.08. The monoisotopic (exact) mass is 195 g/mol. The van der Waals surface area contributed by atoms with Crippen LogP contribution in [0.4, 0.5) is 0 Å². The molecule has 0 aromatic carbocycles. The molecule has 80 valence electrons. The van der Waals surface area contributed by atoms with Gasteiger partial charge in [-0.25, -0.2) is 0 Å². The molecule has 1 fully saturated rings. The quantitative estimate of drug-likeness (QED) is 0.678. The molecule has 0 heterocycles. The first-order valence-corrected chi connectivity index (χ1v) is 5.48. The van der Waals surface area contributed by atoms with Gasteiger partial charge < -0.3 is 4.74 Å². The van der Waals surface area contributed by atoms with Crippen LogP contribution in [-0.2, 0) is 4.74 Å². The summed E-state index contributed by atoms with van der Waals surface area (Å²) in [6.07, 6.45) is 2.96. The zero-order valence-corrected chi connectivity index (χ0v) is 9.76. The van der Waals surface area contributed by atoms with Crippen LogP contribution in [0.2, 0.25) is 0 Å². The fourth-order valence-electron chi connectivity index (χ4n) is 3.00. The summed E-state index contributed by atoms with van der Waals surface area (Å²) in [4.78, 5) is 0. The molecular formula is C12H21NO. The predicted molar refractivity (Wildman–Crippen MR) is 56.8 cm³/mol. The maximum atomic E-state index is 9.25. The summed E-state index contributed by atoms with van der Waals surface area (Å²) < 4.78 is 5.66. The van der Waals surface area contributed by atoms with Gasteiger partial charge in [0.1, 0.15) is 0 Å². The molecule has 2 atom stereocenters. The van der Waals surface area contributed by atoms with Crippen molar-refractivity contribution in [2.45, 2.75) is 52.6 Å². The first-order valence-electron chi connectivity index (χ1n) is 5.48. The van der Waals surface area contributed by atoms with Crippen molar-refractivity contribution in [1.29, 1.82) is 5.26 Å². The van der Waals surface area contributed by atoms with Gasteiger partial charge in [0.2, 0.25) is 0 Å². The van der Waals surface area contributed by atoms with Crippen molar-refractivity contribution in [2.75, 3.05) is 6.61 Å². The summed E-state index contributed by atoms with van der Waals surface area (Å²) in [5.74, 6) is 0.588. The summed E-state index contributed by atoms with van der Waals surface area (Å²) in [6, 6.07) is 2.38. The topological polar surface area (TPSA) is 33.0 Å². The minimum atomic E-state index is -0.518. The van der Waals surface area contributed by atoms with Crippen LogP contribution in [0.1, 0.15) is 47.0 Å². The van der Waals surface area contributed by atoms with Crippen LogP contribution < -0.4 is 0 Å². The first kappa shape index (κ1) is 11.5. The Bertz CT molecular complexity index is 241. The van der Waals surface area contributed by atoms with E-state index in [2.05, 4.69) is 26.8 Å². The van der Waals surface area contributed by atoms with Crippen molar-refractivity contribution < 1.29 is 4.74 Å². The van der Waals surface area contributed by atoms with Crippen molar-refractivity contribution in [2.24, 2.45) is 11.3 Å². The van der Waals surface area contributed by atoms with Crippen molar-refractivity contribution in [3.05, 3.63) is 0 Å².